The number of hydrogen-bond acceptors (Lipinski definition) is 5. The van der Waals surface area contributed by atoms with E-state index in [0.29, 0.717) is 22.9 Å². The van der Waals surface area contributed by atoms with E-state index in [1.807, 2.05) is 54.6 Å². The van der Waals surface area contributed by atoms with Gasteiger partial charge in [0.15, 0.2) is 0 Å². The lowest BCUT2D eigenvalue weighted by molar-refractivity contribution is 0.344. The van der Waals surface area contributed by atoms with Gasteiger partial charge in [-0.1, -0.05) is 24.3 Å². The van der Waals surface area contributed by atoms with E-state index in [2.05, 4.69) is 16.0 Å². The third-order valence-electron chi connectivity index (χ3n) is 3.24. The van der Waals surface area contributed by atoms with Crippen molar-refractivity contribution >= 4 is 11.8 Å². The number of pyridine rings is 2. The first-order valence-corrected chi connectivity index (χ1v) is 8.48. The Morgan fingerprint density at radius 2 is 1.79 bits per heavy atom. The quantitative estimate of drug-likeness (QED) is 0.500. The van der Waals surface area contributed by atoms with Gasteiger partial charge in [-0.15, -0.1) is 11.8 Å². The first kappa shape index (κ1) is 16.0. The molecule has 3 rings (SSSR count). The molecular weight excluding hydrogens is 318 g/mol. The number of thioether (sulfide) groups is 1. The van der Waals surface area contributed by atoms with Crippen molar-refractivity contribution < 1.29 is 4.74 Å². The highest BCUT2D eigenvalue weighted by atomic mass is 32.2. The minimum Gasteiger partial charge on any atom is -0.493 e. The SMILES string of the molecule is N#Cc1ccc(-c2ccccn2)nc1SCCOc1ccccc1. The second-order valence-electron chi connectivity index (χ2n) is 4.89. The number of nitriles is 1. The van der Waals surface area contributed by atoms with Gasteiger partial charge >= 0.3 is 0 Å². The van der Waals surface area contributed by atoms with Crippen molar-refractivity contribution in [1.29, 1.82) is 5.26 Å². The summed E-state index contributed by atoms with van der Waals surface area (Å²) in [4.78, 5) is 8.88. The molecule has 118 valence electrons. The molecule has 0 aliphatic heterocycles. The molecule has 0 bridgehead atoms. The molecule has 0 atom stereocenters. The van der Waals surface area contributed by atoms with Gasteiger partial charge in [0.2, 0.25) is 0 Å². The number of benzene rings is 1. The fourth-order valence-corrected chi connectivity index (χ4v) is 2.90. The molecule has 0 aliphatic rings. The maximum absolute atomic E-state index is 9.26. The zero-order valence-electron chi connectivity index (χ0n) is 12.9. The van der Waals surface area contributed by atoms with Crippen molar-refractivity contribution in [2.45, 2.75) is 5.03 Å². The largest absolute Gasteiger partial charge is 0.493 e. The summed E-state index contributed by atoms with van der Waals surface area (Å²) < 4.78 is 5.67. The Kier molecular flexibility index (Phi) is 5.44. The van der Waals surface area contributed by atoms with E-state index < -0.39 is 0 Å². The smallest absolute Gasteiger partial charge is 0.119 e. The summed E-state index contributed by atoms with van der Waals surface area (Å²) in [6.07, 6.45) is 1.73. The van der Waals surface area contributed by atoms with Crippen LogP contribution in [0.15, 0.2) is 71.9 Å². The molecular formula is C19H15N3OS. The average Bonchev–Trinajstić information content (AvgIpc) is 2.66. The Labute approximate surface area is 145 Å². The molecule has 1 aromatic carbocycles. The first-order chi connectivity index (χ1) is 11.9. The van der Waals surface area contributed by atoms with Crippen molar-refractivity contribution in [3.63, 3.8) is 0 Å². The van der Waals surface area contributed by atoms with Crippen LogP contribution in [0.3, 0.4) is 0 Å². The van der Waals surface area contributed by atoms with Gasteiger partial charge in [-0.05, 0) is 36.4 Å². The summed E-state index contributed by atoms with van der Waals surface area (Å²) in [7, 11) is 0. The monoisotopic (exact) mass is 333 g/mol. The van der Waals surface area contributed by atoms with Crippen LogP contribution in [0.25, 0.3) is 11.4 Å². The predicted octanol–water partition coefficient (Wildman–Crippen LogP) is 4.19. The summed E-state index contributed by atoms with van der Waals surface area (Å²) in [5, 5.41) is 9.97. The lowest BCUT2D eigenvalue weighted by Crippen LogP contribution is -2.01. The van der Waals surface area contributed by atoms with E-state index in [1.165, 1.54) is 11.8 Å². The second kappa shape index (κ2) is 8.14. The number of rotatable bonds is 6. The molecule has 0 saturated carbocycles. The van der Waals surface area contributed by atoms with Gasteiger partial charge in [-0.3, -0.25) is 4.98 Å². The Morgan fingerprint density at radius 3 is 2.54 bits per heavy atom. The van der Waals surface area contributed by atoms with E-state index in [-0.39, 0.29) is 0 Å². The van der Waals surface area contributed by atoms with Crippen LogP contribution in [0, 0.1) is 11.3 Å². The maximum Gasteiger partial charge on any atom is 0.119 e. The summed E-state index contributed by atoms with van der Waals surface area (Å²) in [5.41, 5.74) is 2.13. The summed E-state index contributed by atoms with van der Waals surface area (Å²) >= 11 is 1.51. The standard InChI is InChI=1S/C19H15N3OS/c20-14-15-9-10-18(17-8-4-5-11-21-17)22-19(15)24-13-12-23-16-6-2-1-3-7-16/h1-11H,12-13H2. The van der Waals surface area contributed by atoms with Gasteiger partial charge in [-0.25, -0.2) is 4.98 Å². The van der Waals surface area contributed by atoms with Crippen molar-refractivity contribution in [3.05, 3.63) is 72.4 Å². The van der Waals surface area contributed by atoms with Gasteiger partial charge < -0.3 is 4.74 Å². The zero-order valence-corrected chi connectivity index (χ0v) is 13.7. The van der Waals surface area contributed by atoms with E-state index in [0.717, 1.165) is 17.1 Å². The summed E-state index contributed by atoms with van der Waals surface area (Å²) in [5.74, 6) is 1.55. The summed E-state index contributed by atoms with van der Waals surface area (Å²) in [6.45, 7) is 0.551. The second-order valence-corrected chi connectivity index (χ2v) is 5.97. The molecule has 0 N–H and O–H groups in total. The van der Waals surface area contributed by atoms with Crippen LogP contribution in [0.2, 0.25) is 0 Å². The lowest BCUT2D eigenvalue weighted by Gasteiger charge is -2.08. The molecule has 24 heavy (non-hydrogen) atoms. The Bertz CT molecular complexity index is 832. The molecule has 0 unspecified atom stereocenters. The minimum absolute atomic E-state index is 0.551. The number of aromatic nitrogens is 2. The molecule has 3 aromatic rings. The zero-order chi connectivity index (χ0) is 16.6. The highest BCUT2D eigenvalue weighted by Crippen LogP contribution is 2.24. The average molecular weight is 333 g/mol. The topological polar surface area (TPSA) is 58.8 Å². The van der Waals surface area contributed by atoms with Crippen LogP contribution in [0.4, 0.5) is 0 Å². The van der Waals surface area contributed by atoms with Crippen LogP contribution in [0.5, 0.6) is 5.75 Å². The number of hydrogen-bond donors (Lipinski definition) is 0. The van der Waals surface area contributed by atoms with Crippen LogP contribution in [0.1, 0.15) is 5.56 Å². The fraction of sp³-hybridized carbons (Fsp3) is 0.105. The highest BCUT2D eigenvalue weighted by molar-refractivity contribution is 7.99. The first-order valence-electron chi connectivity index (χ1n) is 7.50. The van der Waals surface area contributed by atoms with Gasteiger partial charge in [0.05, 0.1) is 23.6 Å². The van der Waals surface area contributed by atoms with Crippen LogP contribution in [-0.4, -0.2) is 22.3 Å². The van der Waals surface area contributed by atoms with Gasteiger partial charge in [-0.2, -0.15) is 5.26 Å². The molecule has 2 heterocycles. The predicted molar refractivity (Wildman–Crippen MR) is 94.8 cm³/mol. The molecule has 2 aromatic heterocycles. The van der Waals surface area contributed by atoms with Crippen LogP contribution >= 0.6 is 11.8 Å². The number of nitrogens with zero attached hydrogens (tertiary/aromatic N) is 3. The third-order valence-corrected chi connectivity index (χ3v) is 4.20. The van der Waals surface area contributed by atoms with Gasteiger partial charge in [0.1, 0.15) is 16.8 Å². The Balaban J connectivity index is 1.67. The highest BCUT2D eigenvalue weighted by Gasteiger charge is 2.08. The minimum atomic E-state index is 0.551. The normalized spacial score (nSPS) is 10.1. The van der Waals surface area contributed by atoms with Crippen molar-refractivity contribution in [3.8, 4) is 23.2 Å². The summed E-state index contributed by atoms with van der Waals surface area (Å²) in [6, 6.07) is 21.2. The molecule has 5 heteroatoms. The number of ether oxygens (including phenoxy) is 1. The Morgan fingerprint density at radius 1 is 0.958 bits per heavy atom. The fourth-order valence-electron chi connectivity index (χ4n) is 2.11. The van der Waals surface area contributed by atoms with E-state index >= 15 is 0 Å². The number of para-hydroxylation sites is 1. The van der Waals surface area contributed by atoms with Crippen molar-refractivity contribution in [1.82, 2.24) is 9.97 Å². The van der Waals surface area contributed by atoms with Crippen LogP contribution in [-0.2, 0) is 0 Å². The van der Waals surface area contributed by atoms with E-state index in [9.17, 15) is 5.26 Å². The van der Waals surface area contributed by atoms with Crippen molar-refractivity contribution in [2.75, 3.05) is 12.4 Å². The lowest BCUT2D eigenvalue weighted by atomic mass is 10.2. The molecule has 4 nitrogen and oxygen atoms in total. The maximum atomic E-state index is 9.26. The molecule has 0 saturated heterocycles. The third kappa shape index (κ3) is 4.12. The van der Waals surface area contributed by atoms with E-state index in [4.69, 9.17) is 4.74 Å². The van der Waals surface area contributed by atoms with Crippen LogP contribution < -0.4 is 4.74 Å². The Hall–Kier alpha value is -2.84. The molecule has 0 radical (unpaired) electrons. The molecule has 0 aliphatic carbocycles. The van der Waals surface area contributed by atoms with Gasteiger partial charge in [0.25, 0.3) is 0 Å². The van der Waals surface area contributed by atoms with E-state index in [1.54, 1.807) is 12.3 Å². The molecule has 0 amide bonds. The molecule has 0 fully saturated rings. The molecule has 0 spiro atoms. The van der Waals surface area contributed by atoms with Gasteiger partial charge in [0, 0.05) is 11.9 Å². The van der Waals surface area contributed by atoms with Crippen molar-refractivity contribution in [2.24, 2.45) is 0 Å².